The number of amides is 2. The molecule has 10 nitrogen and oxygen atoms in total. The highest BCUT2D eigenvalue weighted by Crippen LogP contribution is 2.22. The van der Waals surface area contributed by atoms with Crippen LogP contribution < -0.4 is 15.4 Å². The van der Waals surface area contributed by atoms with Crippen LogP contribution in [0.25, 0.3) is 0 Å². The van der Waals surface area contributed by atoms with Crippen molar-refractivity contribution in [2.45, 2.75) is 40.8 Å². The standard InChI is InChI=1S/C25H28N6O4/c1-6-31-23(25(33)28-20-12-26-30(5)17(20)4)21(13-27-31)29-24(32)22-8-7-18(35-22)14-34-19-10-15(2)9-16(3)11-19/h7-13H,6,14H2,1-5H3,(H,28,33)(H,29,32). The molecule has 0 aliphatic heterocycles. The van der Waals surface area contributed by atoms with Crippen LogP contribution in [0.2, 0.25) is 0 Å². The number of ether oxygens (including phenoxy) is 1. The fourth-order valence-corrected chi connectivity index (χ4v) is 3.69. The molecule has 0 unspecified atom stereocenters. The van der Waals surface area contributed by atoms with Crippen LogP contribution in [0.3, 0.4) is 0 Å². The van der Waals surface area contributed by atoms with Gasteiger partial charge in [0.05, 0.1) is 29.5 Å². The van der Waals surface area contributed by atoms with Crippen LogP contribution in [-0.2, 0) is 20.2 Å². The molecule has 0 spiro atoms. The van der Waals surface area contributed by atoms with Crippen LogP contribution in [0.5, 0.6) is 5.75 Å². The maximum Gasteiger partial charge on any atom is 0.291 e. The van der Waals surface area contributed by atoms with Gasteiger partial charge in [0.25, 0.3) is 11.8 Å². The van der Waals surface area contributed by atoms with E-state index >= 15 is 0 Å². The van der Waals surface area contributed by atoms with Gasteiger partial charge in [-0.2, -0.15) is 10.2 Å². The second-order valence-electron chi connectivity index (χ2n) is 8.28. The fraction of sp³-hybridized carbons (Fsp3) is 0.280. The molecule has 182 valence electrons. The molecule has 1 aromatic carbocycles. The quantitative estimate of drug-likeness (QED) is 0.393. The molecule has 0 fully saturated rings. The van der Waals surface area contributed by atoms with E-state index in [1.807, 2.05) is 39.8 Å². The predicted molar refractivity (Wildman–Crippen MR) is 131 cm³/mol. The van der Waals surface area contributed by atoms with Crippen LogP contribution in [-0.4, -0.2) is 31.4 Å². The maximum atomic E-state index is 13.0. The van der Waals surface area contributed by atoms with E-state index in [2.05, 4.69) is 26.9 Å². The van der Waals surface area contributed by atoms with Gasteiger partial charge in [-0.05, 0) is 63.1 Å². The van der Waals surface area contributed by atoms with Gasteiger partial charge in [0.15, 0.2) is 5.76 Å². The number of hydrogen-bond acceptors (Lipinski definition) is 6. The number of rotatable bonds is 8. The van der Waals surface area contributed by atoms with Crippen LogP contribution in [0, 0.1) is 20.8 Å². The smallest absolute Gasteiger partial charge is 0.291 e. The third-order valence-electron chi connectivity index (χ3n) is 5.55. The summed E-state index contributed by atoms with van der Waals surface area (Å²) in [4.78, 5) is 25.9. The van der Waals surface area contributed by atoms with Gasteiger partial charge in [0.1, 0.15) is 23.8 Å². The first-order valence-electron chi connectivity index (χ1n) is 11.2. The Morgan fingerprint density at radius 2 is 1.66 bits per heavy atom. The minimum absolute atomic E-state index is 0.0998. The zero-order valence-electron chi connectivity index (χ0n) is 20.4. The SMILES string of the molecule is CCn1ncc(NC(=O)c2ccc(COc3cc(C)cc(C)c3)o2)c1C(=O)Nc1cnn(C)c1C. The van der Waals surface area contributed by atoms with E-state index in [1.165, 1.54) is 10.9 Å². The average Bonchev–Trinajstić information content (AvgIpc) is 3.52. The number of furan rings is 1. The molecule has 35 heavy (non-hydrogen) atoms. The molecule has 0 saturated heterocycles. The second-order valence-corrected chi connectivity index (χ2v) is 8.28. The number of hydrogen-bond donors (Lipinski definition) is 2. The Bertz CT molecular complexity index is 1360. The van der Waals surface area contributed by atoms with Crippen molar-refractivity contribution in [2.24, 2.45) is 7.05 Å². The summed E-state index contributed by atoms with van der Waals surface area (Å²) in [5, 5.41) is 13.9. The van der Waals surface area contributed by atoms with E-state index in [0.717, 1.165) is 22.6 Å². The molecule has 2 N–H and O–H groups in total. The van der Waals surface area contributed by atoms with Gasteiger partial charge in [-0.3, -0.25) is 19.0 Å². The van der Waals surface area contributed by atoms with E-state index < -0.39 is 11.8 Å². The molecule has 0 saturated carbocycles. The Morgan fingerprint density at radius 1 is 0.971 bits per heavy atom. The molecule has 4 aromatic rings. The zero-order chi connectivity index (χ0) is 25.1. The van der Waals surface area contributed by atoms with E-state index in [0.29, 0.717) is 18.0 Å². The molecule has 4 rings (SSSR count). The summed E-state index contributed by atoms with van der Waals surface area (Å²) in [6.07, 6.45) is 3.02. The number of nitrogens with zero attached hydrogens (tertiary/aromatic N) is 4. The van der Waals surface area contributed by atoms with Crippen molar-refractivity contribution in [3.05, 3.63) is 76.8 Å². The topological polar surface area (TPSA) is 116 Å². The minimum atomic E-state index is -0.495. The molecule has 2 amide bonds. The fourth-order valence-electron chi connectivity index (χ4n) is 3.69. The van der Waals surface area contributed by atoms with Gasteiger partial charge in [0, 0.05) is 13.6 Å². The van der Waals surface area contributed by atoms with Crippen molar-refractivity contribution in [1.29, 1.82) is 0 Å². The number of aryl methyl sites for hydroxylation is 4. The van der Waals surface area contributed by atoms with Gasteiger partial charge in [-0.25, -0.2) is 0 Å². The summed E-state index contributed by atoms with van der Waals surface area (Å²) in [6, 6.07) is 9.20. The molecule has 0 aliphatic rings. The second kappa shape index (κ2) is 9.88. The number of benzene rings is 1. The Kier molecular flexibility index (Phi) is 6.72. The first-order chi connectivity index (χ1) is 16.7. The van der Waals surface area contributed by atoms with Gasteiger partial charge in [-0.15, -0.1) is 0 Å². The summed E-state index contributed by atoms with van der Waals surface area (Å²) < 4.78 is 14.7. The molecule has 0 atom stereocenters. The molecule has 0 aliphatic carbocycles. The zero-order valence-corrected chi connectivity index (χ0v) is 20.4. The predicted octanol–water partition coefficient (Wildman–Crippen LogP) is 4.24. The number of carbonyl (C=O) groups is 2. The van der Waals surface area contributed by atoms with E-state index in [9.17, 15) is 9.59 Å². The Balaban J connectivity index is 1.45. The largest absolute Gasteiger partial charge is 0.486 e. The monoisotopic (exact) mass is 476 g/mol. The van der Waals surface area contributed by atoms with Crippen molar-refractivity contribution in [3.8, 4) is 5.75 Å². The summed E-state index contributed by atoms with van der Waals surface area (Å²) >= 11 is 0. The van der Waals surface area contributed by atoms with Crippen molar-refractivity contribution in [3.63, 3.8) is 0 Å². The lowest BCUT2D eigenvalue weighted by atomic mass is 10.1. The van der Waals surface area contributed by atoms with Crippen LogP contribution >= 0.6 is 0 Å². The highest BCUT2D eigenvalue weighted by molar-refractivity contribution is 6.11. The first-order valence-corrected chi connectivity index (χ1v) is 11.2. The summed E-state index contributed by atoms with van der Waals surface area (Å²) in [5.74, 6) is 0.436. The molecule has 10 heteroatoms. The van der Waals surface area contributed by atoms with Crippen LogP contribution in [0.1, 0.15) is 50.5 Å². The third-order valence-corrected chi connectivity index (χ3v) is 5.55. The third kappa shape index (κ3) is 5.26. The highest BCUT2D eigenvalue weighted by Gasteiger charge is 2.22. The van der Waals surface area contributed by atoms with Crippen molar-refractivity contribution < 1.29 is 18.7 Å². The summed E-state index contributed by atoms with van der Waals surface area (Å²) in [5.41, 5.74) is 4.10. The molecule has 3 heterocycles. The van der Waals surface area contributed by atoms with Crippen LogP contribution in [0.15, 0.2) is 47.1 Å². The Morgan fingerprint density at radius 3 is 2.31 bits per heavy atom. The normalized spacial score (nSPS) is 10.9. The molecular formula is C25H28N6O4. The van der Waals surface area contributed by atoms with Crippen molar-refractivity contribution in [2.75, 3.05) is 10.6 Å². The lowest BCUT2D eigenvalue weighted by Gasteiger charge is -2.09. The van der Waals surface area contributed by atoms with E-state index in [4.69, 9.17) is 9.15 Å². The average molecular weight is 477 g/mol. The molecule has 0 radical (unpaired) electrons. The summed E-state index contributed by atoms with van der Waals surface area (Å²) in [7, 11) is 1.79. The van der Waals surface area contributed by atoms with Gasteiger partial charge < -0.3 is 19.8 Å². The number of aromatic nitrogens is 4. The van der Waals surface area contributed by atoms with Crippen molar-refractivity contribution in [1.82, 2.24) is 19.6 Å². The Labute approximate surface area is 202 Å². The van der Waals surface area contributed by atoms with E-state index in [-0.39, 0.29) is 23.7 Å². The number of anilines is 2. The van der Waals surface area contributed by atoms with Gasteiger partial charge in [-0.1, -0.05) is 6.07 Å². The highest BCUT2D eigenvalue weighted by atomic mass is 16.5. The lowest BCUT2D eigenvalue weighted by molar-refractivity contribution is 0.0992. The molecular weight excluding hydrogens is 448 g/mol. The van der Waals surface area contributed by atoms with Crippen LogP contribution in [0.4, 0.5) is 11.4 Å². The minimum Gasteiger partial charge on any atom is -0.486 e. The molecule has 0 bridgehead atoms. The number of nitrogens with one attached hydrogen (secondary N) is 2. The van der Waals surface area contributed by atoms with Crippen molar-refractivity contribution >= 4 is 23.2 Å². The van der Waals surface area contributed by atoms with Gasteiger partial charge in [0.2, 0.25) is 0 Å². The Hall–Kier alpha value is -4.34. The summed E-state index contributed by atoms with van der Waals surface area (Å²) in [6.45, 7) is 8.35. The lowest BCUT2D eigenvalue weighted by Crippen LogP contribution is -2.21. The maximum absolute atomic E-state index is 13.0. The van der Waals surface area contributed by atoms with Gasteiger partial charge >= 0.3 is 0 Å². The number of carbonyl (C=O) groups excluding carboxylic acids is 2. The first kappa shape index (κ1) is 23.8. The van der Waals surface area contributed by atoms with E-state index in [1.54, 1.807) is 30.1 Å². The molecule has 3 aromatic heterocycles.